The molecule has 3 aromatic rings. The Hall–Kier alpha value is -3.79. The number of alkyl halides is 3. The van der Waals surface area contributed by atoms with Crippen LogP contribution in [0, 0.1) is 19.8 Å². The highest BCUT2D eigenvalue weighted by molar-refractivity contribution is 5.88. The van der Waals surface area contributed by atoms with Crippen LogP contribution in [0.2, 0.25) is 0 Å². The minimum atomic E-state index is -5.19. The van der Waals surface area contributed by atoms with E-state index in [4.69, 9.17) is 9.72 Å². The van der Waals surface area contributed by atoms with Crippen LogP contribution in [0.15, 0.2) is 48.7 Å². The van der Waals surface area contributed by atoms with Crippen molar-refractivity contribution < 1.29 is 32.2 Å². The largest absolute Gasteiger partial charge is 0.491 e. The molecule has 7 nitrogen and oxygen atoms in total. The Morgan fingerprint density at radius 2 is 1.85 bits per heavy atom. The zero-order valence-electron chi connectivity index (χ0n) is 22.0. The number of aromatic nitrogens is 2. The molecule has 0 radical (unpaired) electrons. The Bertz CT molecular complexity index is 1340. The van der Waals surface area contributed by atoms with E-state index in [2.05, 4.69) is 38.9 Å². The summed E-state index contributed by atoms with van der Waals surface area (Å²) in [6, 6.07) is 14.1. The molecule has 2 heterocycles. The van der Waals surface area contributed by atoms with Gasteiger partial charge in [0.15, 0.2) is 5.82 Å². The molecule has 0 saturated carbocycles. The van der Waals surface area contributed by atoms with Crippen LogP contribution in [0.25, 0.3) is 11.4 Å². The summed E-state index contributed by atoms with van der Waals surface area (Å²) < 4.78 is 46.7. The summed E-state index contributed by atoms with van der Waals surface area (Å²) in [5.74, 6) is -2.54. The number of nitrogens with zero attached hydrogens (tertiary/aromatic N) is 3. The molecule has 39 heavy (non-hydrogen) atoms. The van der Waals surface area contributed by atoms with E-state index in [0.717, 1.165) is 33.7 Å². The second-order valence-corrected chi connectivity index (χ2v) is 9.97. The lowest BCUT2D eigenvalue weighted by atomic mass is 10.0. The molecule has 0 bridgehead atoms. The van der Waals surface area contributed by atoms with Crippen LogP contribution in [0.3, 0.4) is 0 Å². The lowest BCUT2D eigenvalue weighted by Crippen LogP contribution is -2.35. The van der Waals surface area contributed by atoms with Crippen LogP contribution in [0.1, 0.15) is 41.3 Å². The average molecular weight is 542 g/mol. The number of carbonyl (C=O) groups is 2. The van der Waals surface area contributed by atoms with Gasteiger partial charge < -0.3 is 9.47 Å². The van der Waals surface area contributed by atoms with Crippen molar-refractivity contribution >= 4 is 11.9 Å². The number of rotatable bonds is 8. The van der Waals surface area contributed by atoms with Gasteiger partial charge in [0.2, 0.25) is 0 Å². The highest BCUT2D eigenvalue weighted by Gasteiger charge is 2.42. The first-order chi connectivity index (χ1) is 18.5. The zero-order chi connectivity index (χ0) is 28.2. The van der Waals surface area contributed by atoms with E-state index in [1.54, 1.807) is 13.1 Å². The van der Waals surface area contributed by atoms with Crippen LogP contribution in [0.4, 0.5) is 13.2 Å². The van der Waals surface area contributed by atoms with Crippen molar-refractivity contribution in [1.82, 2.24) is 14.9 Å². The summed E-state index contributed by atoms with van der Waals surface area (Å²) >= 11 is 0. The van der Waals surface area contributed by atoms with E-state index < -0.39 is 18.1 Å². The minimum Gasteiger partial charge on any atom is -0.489 e. The molecule has 1 aliphatic rings. The molecule has 0 spiro atoms. The lowest BCUT2D eigenvalue weighted by molar-refractivity contribution is -0.202. The van der Waals surface area contributed by atoms with Crippen molar-refractivity contribution in [2.45, 2.75) is 52.9 Å². The number of hydrogen-bond donors (Lipinski definition) is 0. The number of fused-ring (bicyclic) bond motifs is 1. The monoisotopic (exact) mass is 541 g/mol. The zero-order valence-corrected chi connectivity index (χ0v) is 22.0. The number of esters is 2. The van der Waals surface area contributed by atoms with Crippen molar-refractivity contribution in [3.63, 3.8) is 0 Å². The predicted octanol–water partition coefficient (Wildman–Crippen LogP) is 5.36. The van der Waals surface area contributed by atoms with Gasteiger partial charge in [-0.2, -0.15) is 13.2 Å². The molecule has 0 N–H and O–H groups in total. The maximum atomic E-state index is 12.3. The molecular weight excluding hydrogens is 511 g/mol. The maximum absolute atomic E-state index is 12.3. The van der Waals surface area contributed by atoms with E-state index in [9.17, 15) is 22.8 Å². The Kier molecular flexibility index (Phi) is 8.64. The standard InChI is InChI=1S/C29H30F3N3O4/c1-18-4-6-21(7-5-18)17-38-25-9-8-22(13-20(25)3)27-33-14-23-16-35(11-10-24(23)34-27)15-19(2)12-26(36)39-28(37)29(30,31)32/h4-9,13-14,19H,10-12,15-17H2,1-3H3. The molecule has 4 rings (SSSR count). The molecule has 0 aliphatic carbocycles. The number of ether oxygens (including phenoxy) is 2. The van der Waals surface area contributed by atoms with Gasteiger partial charge in [0.25, 0.3) is 0 Å². The molecule has 2 aromatic carbocycles. The second-order valence-electron chi connectivity index (χ2n) is 9.97. The van der Waals surface area contributed by atoms with Gasteiger partial charge in [-0.1, -0.05) is 36.8 Å². The SMILES string of the molecule is Cc1ccc(COc2ccc(-c3ncc4c(n3)CCN(CC(C)CC(=O)OC(=O)C(F)(F)F)C4)cc2C)cc1. The van der Waals surface area contributed by atoms with Crippen LogP contribution in [-0.2, 0) is 33.9 Å². The average Bonchev–Trinajstić information content (AvgIpc) is 2.88. The molecule has 0 saturated heterocycles. The maximum Gasteiger partial charge on any atom is 0.491 e. The molecule has 1 unspecified atom stereocenters. The first-order valence-electron chi connectivity index (χ1n) is 12.7. The molecule has 1 aliphatic heterocycles. The normalized spacial score (nSPS) is 14.4. The third-order valence-corrected chi connectivity index (χ3v) is 6.48. The van der Waals surface area contributed by atoms with Gasteiger partial charge in [-0.25, -0.2) is 14.8 Å². The van der Waals surface area contributed by atoms with E-state index in [1.807, 2.05) is 32.0 Å². The molecule has 0 fully saturated rings. The molecule has 0 amide bonds. The van der Waals surface area contributed by atoms with E-state index >= 15 is 0 Å². The second kappa shape index (κ2) is 11.9. The van der Waals surface area contributed by atoms with Crippen molar-refractivity contribution in [2.75, 3.05) is 13.1 Å². The van der Waals surface area contributed by atoms with E-state index in [0.29, 0.717) is 38.5 Å². The third-order valence-electron chi connectivity index (χ3n) is 6.48. The van der Waals surface area contributed by atoms with Crippen molar-refractivity contribution in [3.05, 3.63) is 76.6 Å². The van der Waals surface area contributed by atoms with Gasteiger partial charge in [-0.3, -0.25) is 9.69 Å². The first-order valence-corrected chi connectivity index (χ1v) is 12.7. The quantitative estimate of drug-likeness (QED) is 0.281. The Morgan fingerprint density at radius 1 is 1.10 bits per heavy atom. The van der Waals surface area contributed by atoms with Gasteiger partial charge in [0.05, 0.1) is 5.69 Å². The summed E-state index contributed by atoms with van der Waals surface area (Å²) in [5.41, 5.74) is 6.08. The Balaban J connectivity index is 1.33. The molecule has 1 atom stereocenters. The summed E-state index contributed by atoms with van der Waals surface area (Å²) in [5, 5.41) is 0. The van der Waals surface area contributed by atoms with Crippen LogP contribution >= 0.6 is 0 Å². The first kappa shape index (κ1) is 28.2. The number of hydrogen-bond acceptors (Lipinski definition) is 7. The van der Waals surface area contributed by atoms with Crippen molar-refractivity contribution in [3.8, 4) is 17.1 Å². The van der Waals surface area contributed by atoms with Gasteiger partial charge in [0, 0.05) is 49.8 Å². The number of benzene rings is 2. The molecule has 1 aromatic heterocycles. The summed E-state index contributed by atoms with van der Waals surface area (Å²) in [6.07, 6.45) is -3.01. The Morgan fingerprint density at radius 3 is 2.54 bits per heavy atom. The smallest absolute Gasteiger partial charge is 0.489 e. The number of aryl methyl sites for hydroxylation is 2. The van der Waals surface area contributed by atoms with Crippen LogP contribution < -0.4 is 4.74 Å². The fourth-order valence-electron chi connectivity index (χ4n) is 4.46. The fourth-order valence-corrected chi connectivity index (χ4v) is 4.46. The van der Waals surface area contributed by atoms with Crippen molar-refractivity contribution in [2.24, 2.45) is 5.92 Å². The van der Waals surface area contributed by atoms with Gasteiger partial charge in [-0.05, 0) is 49.1 Å². The topological polar surface area (TPSA) is 81.6 Å². The summed E-state index contributed by atoms with van der Waals surface area (Å²) in [4.78, 5) is 33.9. The van der Waals surface area contributed by atoms with Gasteiger partial charge >= 0.3 is 18.1 Å². The molecule has 206 valence electrons. The van der Waals surface area contributed by atoms with Crippen LogP contribution in [-0.4, -0.2) is 46.1 Å². The third kappa shape index (κ3) is 7.63. The lowest BCUT2D eigenvalue weighted by Gasteiger charge is -2.30. The fraction of sp³-hybridized carbons (Fsp3) is 0.379. The van der Waals surface area contributed by atoms with Crippen molar-refractivity contribution in [1.29, 1.82) is 0 Å². The van der Waals surface area contributed by atoms with Gasteiger partial charge in [-0.15, -0.1) is 0 Å². The number of carbonyl (C=O) groups excluding carboxylic acids is 2. The highest BCUT2D eigenvalue weighted by Crippen LogP contribution is 2.27. The summed E-state index contributed by atoms with van der Waals surface area (Å²) in [6.45, 7) is 7.94. The highest BCUT2D eigenvalue weighted by atomic mass is 19.4. The van der Waals surface area contributed by atoms with Crippen LogP contribution in [0.5, 0.6) is 5.75 Å². The van der Waals surface area contributed by atoms with E-state index in [1.165, 1.54) is 5.56 Å². The predicted molar refractivity (Wildman–Crippen MR) is 138 cm³/mol. The van der Waals surface area contributed by atoms with E-state index in [-0.39, 0.29) is 12.3 Å². The molecule has 10 heteroatoms. The number of halogens is 3. The molecular formula is C29H30F3N3O4. The summed E-state index contributed by atoms with van der Waals surface area (Å²) in [7, 11) is 0. The Labute approximate surface area is 225 Å². The van der Waals surface area contributed by atoms with Gasteiger partial charge in [0.1, 0.15) is 12.4 Å². The minimum absolute atomic E-state index is 0.287.